The van der Waals surface area contributed by atoms with Crippen molar-refractivity contribution in [3.8, 4) is 0 Å². The van der Waals surface area contributed by atoms with E-state index in [9.17, 15) is 0 Å². The van der Waals surface area contributed by atoms with Crippen molar-refractivity contribution >= 4 is 33.7 Å². The molecule has 114 valence electrons. The third-order valence-corrected chi connectivity index (χ3v) is 4.55. The summed E-state index contributed by atoms with van der Waals surface area (Å²) < 4.78 is 0. The fraction of sp³-hybridized carbons (Fsp3) is 0. The molecule has 0 saturated carbocycles. The van der Waals surface area contributed by atoms with Gasteiger partial charge in [-0.1, -0.05) is 92.0 Å². The second kappa shape index (κ2) is 5.82. The number of fused-ring (bicyclic) bond motifs is 2. The molecule has 0 aromatic heterocycles. The number of hydrogen-bond acceptors (Lipinski definition) is 0. The molecule has 0 aliphatic carbocycles. The summed E-state index contributed by atoms with van der Waals surface area (Å²) in [7, 11) is 0. The lowest BCUT2D eigenvalue weighted by molar-refractivity contribution is 1.50. The molecular weight excluding hydrogens is 288 g/mol. The van der Waals surface area contributed by atoms with E-state index in [0.29, 0.717) is 0 Å². The Labute approximate surface area is 141 Å². The van der Waals surface area contributed by atoms with Gasteiger partial charge in [-0.3, -0.25) is 0 Å². The van der Waals surface area contributed by atoms with Crippen molar-refractivity contribution in [1.82, 2.24) is 0 Å². The van der Waals surface area contributed by atoms with Crippen molar-refractivity contribution in [1.29, 1.82) is 0 Å². The highest BCUT2D eigenvalue weighted by Gasteiger charge is 2.10. The quantitative estimate of drug-likeness (QED) is 0.467. The van der Waals surface area contributed by atoms with Crippen LogP contribution >= 0.6 is 0 Å². The monoisotopic (exact) mass is 306 g/mol. The molecule has 0 fully saturated rings. The SMILES string of the molecule is C=C/C(c1c2ccccc2cc2ccccc12)=c1/ccccc1=C. The molecule has 0 spiro atoms. The average molecular weight is 306 g/mol. The topological polar surface area (TPSA) is 0 Å². The molecule has 4 aromatic rings. The summed E-state index contributed by atoms with van der Waals surface area (Å²) >= 11 is 0. The molecule has 0 amide bonds. The van der Waals surface area contributed by atoms with Gasteiger partial charge in [-0.2, -0.15) is 0 Å². The van der Waals surface area contributed by atoms with E-state index >= 15 is 0 Å². The van der Waals surface area contributed by atoms with E-state index in [2.05, 4.69) is 79.9 Å². The molecule has 4 rings (SSSR count). The predicted molar refractivity (Wildman–Crippen MR) is 105 cm³/mol. The van der Waals surface area contributed by atoms with E-state index in [1.54, 1.807) is 0 Å². The smallest absolute Gasteiger partial charge is 0.00208 e. The van der Waals surface area contributed by atoms with E-state index in [-0.39, 0.29) is 0 Å². The zero-order valence-electron chi connectivity index (χ0n) is 13.5. The summed E-state index contributed by atoms with van der Waals surface area (Å²) in [5.41, 5.74) is 2.36. The molecule has 0 unspecified atom stereocenters. The molecule has 0 bridgehead atoms. The highest BCUT2D eigenvalue weighted by atomic mass is 14.1. The summed E-state index contributed by atoms with van der Waals surface area (Å²) in [6.45, 7) is 8.31. The molecule has 0 N–H and O–H groups in total. The molecule has 0 atom stereocenters. The molecule has 0 radical (unpaired) electrons. The van der Waals surface area contributed by atoms with E-state index < -0.39 is 0 Å². The van der Waals surface area contributed by atoms with Crippen molar-refractivity contribution in [2.45, 2.75) is 0 Å². The van der Waals surface area contributed by atoms with Gasteiger partial charge in [-0.25, -0.2) is 0 Å². The fourth-order valence-electron chi connectivity index (χ4n) is 3.43. The minimum Gasteiger partial charge on any atom is -0.0984 e. The minimum absolute atomic E-state index is 1.02. The van der Waals surface area contributed by atoms with Crippen LogP contribution < -0.4 is 10.4 Å². The van der Waals surface area contributed by atoms with Crippen LogP contribution in [0, 0.1) is 0 Å². The van der Waals surface area contributed by atoms with Gasteiger partial charge in [-0.05, 0) is 49.2 Å². The van der Waals surface area contributed by atoms with Crippen molar-refractivity contribution < 1.29 is 0 Å². The summed E-state index contributed by atoms with van der Waals surface area (Å²) in [4.78, 5) is 0. The van der Waals surface area contributed by atoms with Crippen molar-refractivity contribution in [3.63, 3.8) is 0 Å². The van der Waals surface area contributed by atoms with E-state index in [1.165, 1.54) is 27.1 Å². The number of allylic oxidation sites excluding steroid dienone is 1. The lowest BCUT2D eigenvalue weighted by Crippen LogP contribution is -2.25. The standard InChI is InChI=1S/C24H18/c1-3-20(21-13-7-4-10-17(21)2)24-22-14-8-5-11-18(22)16-19-12-6-9-15-23(19)24/h3-16H,1-2H2/b21-20+. The molecule has 0 aliphatic heterocycles. The van der Waals surface area contributed by atoms with Gasteiger partial charge in [0.15, 0.2) is 0 Å². The van der Waals surface area contributed by atoms with E-state index in [1.807, 2.05) is 18.2 Å². The lowest BCUT2D eigenvalue weighted by atomic mass is 9.90. The van der Waals surface area contributed by atoms with Gasteiger partial charge in [0, 0.05) is 0 Å². The number of benzene rings is 4. The van der Waals surface area contributed by atoms with Crippen molar-refractivity contribution in [3.05, 3.63) is 108 Å². The Hall–Kier alpha value is -3.12. The highest BCUT2D eigenvalue weighted by Crippen LogP contribution is 2.32. The van der Waals surface area contributed by atoms with Crippen LogP contribution in [-0.4, -0.2) is 0 Å². The van der Waals surface area contributed by atoms with Crippen LogP contribution in [-0.2, 0) is 0 Å². The Kier molecular flexibility index (Phi) is 3.51. The largest absolute Gasteiger partial charge is 0.0984 e. The lowest BCUT2D eigenvalue weighted by Gasteiger charge is -2.13. The second-order valence-electron chi connectivity index (χ2n) is 5.97. The Balaban J connectivity index is 2.31. The first-order valence-corrected chi connectivity index (χ1v) is 8.11. The fourth-order valence-corrected chi connectivity index (χ4v) is 3.43. The van der Waals surface area contributed by atoms with E-state index in [4.69, 9.17) is 0 Å². The average Bonchev–Trinajstić information content (AvgIpc) is 2.63. The van der Waals surface area contributed by atoms with Crippen LogP contribution in [0.2, 0.25) is 0 Å². The molecule has 4 aromatic carbocycles. The van der Waals surface area contributed by atoms with Crippen LogP contribution in [0.3, 0.4) is 0 Å². The third-order valence-electron chi connectivity index (χ3n) is 4.55. The maximum Gasteiger partial charge on any atom is -0.00208 e. The van der Waals surface area contributed by atoms with Gasteiger partial charge in [0.25, 0.3) is 0 Å². The molecule has 0 heterocycles. The summed E-state index contributed by atoms with van der Waals surface area (Å²) in [6.07, 6.45) is 1.96. The van der Waals surface area contributed by atoms with Gasteiger partial charge in [0.2, 0.25) is 0 Å². The Morgan fingerprint density at radius 3 is 1.83 bits per heavy atom. The first kappa shape index (κ1) is 14.5. The molecule has 24 heavy (non-hydrogen) atoms. The van der Waals surface area contributed by atoms with E-state index in [0.717, 1.165) is 16.0 Å². The van der Waals surface area contributed by atoms with Gasteiger partial charge in [-0.15, -0.1) is 0 Å². The van der Waals surface area contributed by atoms with Gasteiger partial charge >= 0.3 is 0 Å². The molecule has 0 saturated heterocycles. The summed E-state index contributed by atoms with van der Waals surface area (Å²) in [5.74, 6) is 0. The summed E-state index contributed by atoms with van der Waals surface area (Å²) in [6, 6.07) is 27.6. The first-order valence-electron chi connectivity index (χ1n) is 8.11. The van der Waals surface area contributed by atoms with Crippen LogP contribution in [0.15, 0.2) is 91.5 Å². The predicted octanol–water partition coefficient (Wildman–Crippen LogP) is 4.79. The normalized spacial score (nSPS) is 12.3. The first-order chi connectivity index (χ1) is 11.8. The van der Waals surface area contributed by atoms with Gasteiger partial charge < -0.3 is 0 Å². The van der Waals surface area contributed by atoms with Gasteiger partial charge in [0.1, 0.15) is 0 Å². The summed E-state index contributed by atoms with van der Waals surface area (Å²) in [5, 5.41) is 7.13. The highest BCUT2D eigenvalue weighted by molar-refractivity contribution is 6.10. The Morgan fingerprint density at radius 1 is 0.708 bits per heavy atom. The van der Waals surface area contributed by atoms with Crippen molar-refractivity contribution in [2.24, 2.45) is 0 Å². The maximum absolute atomic E-state index is 4.21. The number of hydrogen-bond donors (Lipinski definition) is 0. The van der Waals surface area contributed by atoms with Crippen LogP contribution in [0.5, 0.6) is 0 Å². The van der Waals surface area contributed by atoms with Crippen LogP contribution in [0.4, 0.5) is 0 Å². The zero-order chi connectivity index (χ0) is 16.5. The van der Waals surface area contributed by atoms with Gasteiger partial charge in [0.05, 0.1) is 0 Å². The third kappa shape index (κ3) is 2.24. The number of rotatable bonds is 2. The minimum atomic E-state index is 1.02. The second-order valence-corrected chi connectivity index (χ2v) is 5.97. The van der Waals surface area contributed by atoms with Crippen LogP contribution in [0.1, 0.15) is 5.56 Å². The Bertz CT molecular complexity index is 1130. The molecular formula is C24H18. The Morgan fingerprint density at radius 2 is 1.25 bits per heavy atom. The molecule has 0 heteroatoms. The van der Waals surface area contributed by atoms with Crippen LogP contribution in [0.25, 0.3) is 33.7 Å². The molecule has 0 nitrogen and oxygen atoms in total. The molecule has 0 aliphatic rings. The maximum atomic E-state index is 4.21. The van der Waals surface area contributed by atoms with Crippen molar-refractivity contribution in [2.75, 3.05) is 0 Å². The zero-order valence-corrected chi connectivity index (χ0v) is 13.5.